The van der Waals surface area contributed by atoms with E-state index in [4.69, 9.17) is 11.6 Å². The van der Waals surface area contributed by atoms with Crippen molar-refractivity contribution in [2.75, 3.05) is 11.4 Å². The molecule has 6 atom stereocenters. The highest BCUT2D eigenvalue weighted by atomic mass is 35.5. The van der Waals surface area contributed by atoms with Crippen LogP contribution in [0.1, 0.15) is 33.3 Å². The van der Waals surface area contributed by atoms with Crippen molar-refractivity contribution in [1.82, 2.24) is 0 Å². The molecule has 2 aliphatic rings. The first-order chi connectivity index (χ1) is 15.2. The summed E-state index contributed by atoms with van der Waals surface area (Å²) in [6, 6.07) is 4.98. The summed E-state index contributed by atoms with van der Waals surface area (Å²) in [5.74, 6) is -4.38. The third-order valence-corrected chi connectivity index (χ3v) is 8.82. The van der Waals surface area contributed by atoms with E-state index in [1.54, 1.807) is 18.2 Å². The summed E-state index contributed by atoms with van der Waals surface area (Å²) >= 11 is 6.87. The molecule has 1 aromatic rings. The molecular weight excluding hydrogens is 474 g/mol. The fraction of sp³-hybridized carbons (Fsp3) is 0.545. The molecule has 0 saturated carbocycles. The molecule has 9 nitrogen and oxygen atoms in total. The Kier molecular flexibility index (Phi) is 6.60. The Balaban J connectivity index is 2.35. The molecular formula is C22H26ClNO8S. The molecule has 0 aliphatic carbocycles. The zero-order chi connectivity index (χ0) is 25.1. The molecule has 1 aromatic carbocycles. The Morgan fingerprint density at radius 3 is 2.09 bits per heavy atom. The van der Waals surface area contributed by atoms with Crippen LogP contribution in [-0.2, 0) is 25.6 Å². The van der Waals surface area contributed by atoms with Gasteiger partial charge in [0.2, 0.25) is 0 Å². The molecule has 0 bridgehead atoms. The van der Waals surface area contributed by atoms with Crippen molar-refractivity contribution in [3.05, 3.63) is 28.8 Å². The van der Waals surface area contributed by atoms with E-state index in [1.807, 2.05) is 0 Å². The smallest absolute Gasteiger partial charge is 0.198 e. The Bertz CT molecular complexity index is 1050. The third kappa shape index (κ3) is 3.30. The van der Waals surface area contributed by atoms with Gasteiger partial charge in [0.15, 0.2) is 39.9 Å². The highest BCUT2D eigenvalue weighted by Gasteiger charge is 2.79. The quantitative estimate of drug-likeness (QED) is 0.422. The van der Waals surface area contributed by atoms with Crippen LogP contribution in [0.3, 0.4) is 0 Å². The van der Waals surface area contributed by atoms with Crippen LogP contribution < -0.4 is 4.90 Å². The van der Waals surface area contributed by atoms with Crippen molar-refractivity contribution in [3.63, 3.8) is 0 Å². The number of aliphatic hydroxyl groups excluding tert-OH is 1. The van der Waals surface area contributed by atoms with Gasteiger partial charge in [0, 0.05) is 17.3 Å². The van der Waals surface area contributed by atoms with Crippen LogP contribution in [0.15, 0.2) is 18.2 Å². The van der Waals surface area contributed by atoms with Crippen LogP contribution in [-0.4, -0.2) is 83.6 Å². The van der Waals surface area contributed by atoms with Gasteiger partial charge in [-0.05, 0) is 51.8 Å². The van der Waals surface area contributed by atoms with Crippen molar-refractivity contribution >= 4 is 52.2 Å². The van der Waals surface area contributed by atoms with E-state index in [0.29, 0.717) is 34.5 Å². The molecule has 2 aliphatic heterocycles. The van der Waals surface area contributed by atoms with Crippen molar-refractivity contribution in [1.29, 1.82) is 0 Å². The molecule has 33 heavy (non-hydrogen) atoms. The molecule has 1 saturated heterocycles. The van der Waals surface area contributed by atoms with Crippen molar-refractivity contribution in [2.45, 2.75) is 67.6 Å². The van der Waals surface area contributed by atoms with E-state index in [0.717, 1.165) is 27.7 Å². The van der Waals surface area contributed by atoms with E-state index in [9.17, 15) is 39.6 Å². The number of aliphatic hydroxyl groups is 4. The molecule has 11 heteroatoms. The van der Waals surface area contributed by atoms with Gasteiger partial charge < -0.3 is 25.3 Å². The fourth-order valence-corrected chi connectivity index (χ4v) is 7.22. The van der Waals surface area contributed by atoms with Gasteiger partial charge in [0.1, 0.15) is 11.5 Å². The van der Waals surface area contributed by atoms with Gasteiger partial charge in [-0.25, -0.2) is 0 Å². The van der Waals surface area contributed by atoms with Crippen molar-refractivity contribution in [3.8, 4) is 0 Å². The van der Waals surface area contributed by atoms with Crippen molar-refractivity contribution < 1.29 is 39.6 Å². The maximum atomic E-state index is 12.9. The topological polar surface area (TPSA) is 152 Å². The number of Topliss-reactive ketones (excluding diaryl/α,β-unsaturated/α-hetero) is 4. The summed E-state index contributed by atoms with van der Waals surface area (Å²) in [6.45, 7) is 3.83. The highest BCUT2D eigenvalue weighted by Crippen LogP contribution is 2.55. The minimum Gasteiger partial charge on any atom is -0.384 e. The first-order valence-electron chi connectivity index (χ1n) is 10.3. The minimum absolute atomic E-state index is 0.210. The summed E-state index contributed by atoms with van der Waals surface area (Å²) in [5.41, 5.74) is -8.29. The summed E-state index contributed by atoms with van der Waals surface area (Å²) in [5, 5.41) is 42.8. The summed E-state index contributed by atoms with van der Waals surface area (Å²) in [7, 11) is 0. The first-order valence-corrected chi connectivity index (χ1v) is 11.6. The number of nitrogens with zero attached hydrogens (tertiary/aromatic N) is 1. The summed E-state index contributed by atoms with van der Waals surface area (Å²) < 4.78 is 0. The molecule has 1 unspecified atom stereocenters. The maximum absolute atomic E-state index is 12.9. The number of ketones is 4. The van der Waals surface area contributed by atoms with Gasteiger partial charge in [-0.1, -0.05) is 17.7 Å². The number of anilines is 1. The Morgan fingerprint density at radius 2 is 1.61 bits per heavy atom. The molecule has 0 amide bonds. The van der Waals surface area contributed by atoms with Crippen LogP contribution in [0.2, 0.25) is 5.02 Å². The standard InChI is InChI=1S/C22H26ClNO8S/c1-10(25)17(29)18-20(30,11(2)26)22(32,13(4)28)21(31,12(3)27)19(33-18)24-9-8-14-15(23)6-5-7-16(14)24/h5-7,17-19,29-32H,8-9H2,1-4H3/t17?,18-,19-,20+,21-,22-/m0/s1. The van der Waals surface area contributed by atoms with Crippen LogP contribution in [0.4, 0.5) is 5.69 Å². The van der Waals surface area contributed by atoms with E-state index >= 15 is 0 Å². The van der Waals surface area contributed by atoms with E-state index in [-0.39, 0.29) is 6.54 Å². The normalized spacial score (nSPS) is 34.5. The third-order valence-electron chi connectivity index (χ3n) is 6.72. The minimum atomic E-state index is -3.37. The fourth-order valence-electron chi connectivity index (χ4n) is 4.91. The first kappa shape index (κ1) is 25.8. The van der Waals surface area contributed by atoms with E-state index in [1.165, 1.54) is 4.90 Å². The van der Waals surface area contributed by atoms with Gasteiger partial charge in [0.25, 0.3) is 0 Å². The van der Waals surface area contributed by atoms with Gasteiger partial charge in [-0.3, -0.25) is 19.2 Å². The zero-order valence-electron chi connectivity index (χ0n) is 18.5. The summed E-state index contributed by atoms with van der Waals surface area (Å²) in [6.07, 6.45) is -1.58. The molecule has 3 rings (SSSR count). The van der Waals surface area contributed by atoms with Gasteiger partial charge in [0.05, 0.1) is 5.25 Å². The highest BCUT2D eigenvalue weighted by molar-refractivity contribution is 8.01. The number of rotatable bonds is 6. The number of hydrogen-bond acceptors (Lipinski definition) is 10. The molecule has 2 heterocycles. The number of halogens is 1. The van der Waals surface area contributed by atoms with E-state index < -0.39 is 56.7 Å². The molecule has 0 aromatic heterocycles. The largest absolute Gasteiger partial charge is 0.384 e. The second-order valence-corrected chi connectivity index (χ2v) is 10.2. The van der Waals surface area contributed by atoms with Crippen LogP contribution >= 0.6 is 23.4 Å². The second kappa shape index (κ2) is 8.44. The predicted octanol–water partition coefficient (Wildman–Crippen LogP) is 0.0542. The van der Waals surface area contributed by atoms with Crippen LogP contribution in [0.5, 0.6) is 0 Å². The lowest BCUT2D eigenvalue weighted by atomic mass is 9.62. The van der Waals surface area contributed by atoms with Gasteiger partial charge in [-0.15, -0.1) is 11.8 Å². The lowest BCUT2D eigenvalue weighted by Crippen LogP contribution is -2.86. The average Bonchev–Trinajstić information content (AvgIpc) is 3.16. The Morgan fingerprint density at radius 1 is 1.03 bits per heavy atom. The zero-order valence-corrected chi connectivity index (χ0v) is 20.1. The van der Waals surface area contributed by atoms with E-state index in [2.05, 4.69) is 0 Å². The number of fused-ring (bicyclic) bond motifs is 1. The van der Waals surface area contributed by atoms with Gasteiger partial charge in [-0.2, -0.15) is 0 Å². The lowest BCUT2D eigenvalue weighted by Gasteiger charge is -2.60. The average molecular weight is 500 g/mol. The number of carbonyl (C=O) groups is 4. The monoisotopic (exact) mass is 499 g/mol. The Hall–Kier alpha value is -1.82. The lowest BCUT2D eigenvalue weighted by molar-refractivity contribution is -0.235. The number of thioether (sulfide) groups is 1. The van der Waals surface area contributed by atoms with Crippen LogP contribution in [0, 0.1) is 0 Å². The molecule has 1 fully saturated rings. The SMILES string of the molecule is CC(=O)C(O)[C@@H]1S[C@H](N2CCc3c(Cl)cccc32)[C@@](O)(C(C)=O)[C@](O)(C(C)=O)[C@@]1(O)C(C)=O. The Labute approximate surface area is 199 Å². The van der Waals surface area contributed by atoms with Gasteiger partial charge >= 0.3 is 0 Å². The second-order valence-electron chi connectivity index (χ2n) is 8.56. The number of carbonyl (C=O) groups excluding carboxylic acids is 4. The summed E-state index contributed by atoms with van der Waals surface area (Å²) in [4.78, 5) is 52.1. The maximum Gasteiger partial charge on any atom is 0.198 e. The number of benzene rings is 1. The number of hydrogen-bond donors (Lipinski definition) is 4. The predicted molar refractivity (Wildman–Crippen MR) is 121 cm³/mol. The molecule has 4 N–H and O–H groups in total. The van der Waals surface area contributed by atoms with Crippen molar-refractivity contribution in [2.24, 2.45) is 0 Å². The molecule has 0 radical (unpaired) electrons. The van der Waals surface area contributed by atoms with Crippen LogP contribution in [0.25, 0.3) is 0 Å². The molecule has 0 spiro atoms. The molecule has 180 valence electrons.